The Morgan fingerprint density at radius 1 is 1.06 bits per heavy atom. The van der Waals surface area contributed by atoms with Crippen molar-refractivity contribution in [1.82, 2.24) is 14.4 Å². The van der Waals surface area contributed by atoms with Gasteiger partial charge in [-0.25, -0.2) is 14.8 Å². The van der Waals surface area contributed by atoms with Gasteiger partial charge in [-0.05, 0) is 36.4 Å². The van der Waals surface area contributed by atoms with Crippen molar-refractivity contribution in [1.29, 1.82) is 0 Å². The van der Waals surface area contributed by atoms with E-state index < -0.39 is 12.0 Å². The molecule has 0 aliphatic heterocycles. The molecule has 2 amide bonds. The first-order valence-electron chi connectivity index (χ1n) is 10.2. The Morgan fingerprint density at radius 2 is 1.89 bits per heavy atom. The summed E-state index contributed by atoms with van der Waals surface area (Å²) in [7, 11) is 1.48. The topological polar surface area (TPSA) is 107 Å². The molecule has 0 aliphatic rings. The maximum atomic E-state index is 13.5. The summed E-state index contributed by atoms with van der Waals surface area (Å²) in [5.74, 6) is -0.601. The highest BCUT2D eigenvalue weighted by atomic mass is 35.5. The molecule has 0 spiro atoms. The fourth-order valence-corrected chi connectivity index (χ4v) is 4.08. The number of fused-ring (bicyclic) bond motifs is 1. The van der Waals surface area contributed by atoms with Gasteiger partial charge in [0.2, 0.25) is 0 Å². The van der Waals surface area contributed by atoms with Crippen LogP contribution in [0.1, 0.15) is 10.5 Å². The van der Waals surface area contributed by atoms with Crippen molar-refractivity contribution >= 4 is 63.7 Å². The Hall–Kier alpha value is -3.37. The molecule has 35 heavy (non-hydrogen) atoms. The molecule has 0 radical (unpaired) electrons. The lowest BCUT2D eigenvalue weighted by Crippen LogP contribution is -2.20. The number of carbonyl (C=O) groups excluding carboxylic acids is 2. The normalized spacial score (nSPS) is 10.9. The molecule has 0 saturated heterocycles. The molecule has 0 aliphatic carbocycles. The second-order valence-electron chi connectivity index (χ2n) is 7.12. The van der Waals surface area contributed by atoms with E-state index in [-0.39, 0.29) is 45.5 Å². The van der Waals surface area contributed by atoms with E-state index in [9.17, 15) is 9.59 Å². The van der Waals surface area contributed by atoms with Crippen LogP contribution < -0.4 is 10.6 Å². The average Bonchev–Trinajstić information content (AvgIpc) is 3.30. The van der Waals surface area contributed by atoms with Gasteiger partial charge >= 0.3 is 6.09 Å². The summed E-state index contributed by atoms with van der Waals surface area (Å²) < 4.78 is 11.7. The SMILES string of the molecule is COCCOC(=O)Nc1cc(Cl)cc(Cl)c1NC(=O)c1ncc2cccn2c1-c1cccnc1Cl. The number of anilines is 2. The van der Waals surface area contributed by atoms with Crippen molar-refractivity contribution in [2.75, 3.05) is 31.0 Å². The molecule has 9 nitrogen and oxygen atoms in total. The molecule has 1 aromatic carbocycles. The van der Waals surface area contributed by atoms with Crippen LogP contribution in [0.3, 0.4) is 0 Å². The largest absolute Gasteiger partial charge is 0.447 e. The second kappa shape index (κ2) is 10.9. The molecule has 12 heteroatoms. The summed E-state index contributed by atoms with van der Waals surface area (Å²) in [6.07, 6.45) is 4.11. The van der Waals surface area contributed by atoms with Gasteiger partial charge in [0.1, 0.15) is 11.8 Å². The van der Waals surface area contributed by atoms with E-state index in [1.165, 1.54) is 19.2 Å². The minimum atomic E-state index is -0.773. The van der Waals surface area contributed by atoms with Crippen LogP contribution in [0, 0.1) is 0 Å². The quantitative estimate of drug-likeness (QED) is 0.229. The molecule has 4 rings (SSSR count). The number of hydrogen-bond acceptors (Lipinski definition) is 6. The Morgan fingerprint density at radius 3 is 2.66 bits per heavy atom. The highest BCUT2D eigenvalue weighted by molar-refractivity contribution is 6.38. The molecule has 3 aromatic heterocycles. The first-order valence-corrected chi connectivity index (χ1v) is 11.3. The summed E-state index contributed by atoms with van der Waals surface area (Å²) in [4.78, 5) is 34.1. The van der Waals surface area contributed by atoms with Crippen molar-refractivity contribution < 1.29 is 19.1 Å². The molecule has 0 fully saturated rings. The fraction of sp³-hybridized carbons (Fsp3) is 0.130. The second-order valence-corrected chi connectivity index (χ2v) is 8.32. The van der Waals surface area contributed by atoms with Gasteiger partial charge in [0, 0.05) is 30.1 Å². The molecule has 4 aromatic rings. The van der Waals surface area contributed by atoms with Crippen LogP contribution in [0.15, 0.2) is 55.0 Å². The maximum Gasteiger partial charge on any atom is 0.411 e. The number of rotatable bonds is 7. The maximum absolute atomic E-state index is 13.5. The van der Waals surface area contributed by atoms with E-state index in [1.807, 2.05) is 12.1 Å². The Labute approximate surface area is 214 Å². The number of aromatic nitrogens is 3. The van der Waals surface area contributed by atoms with Gasteiger partial charge in [0.25, 0.3) is 5.91 Å². The minimum absolute atomic E-state index is 0.0361. The number of carbonyl (C=O) groups is 2. The third-order valence-electron chi connectivity index (χ3n) is 4.85. The number of nitrogens with zero attached hydrogens (tertiary/aromatic N) is 3. The number of amides is 2. The number of halogens is 3. The molecular weight excluding hydrogens is 517 g/mol. The van der Waals surface area contributed by atoms with Crippen LogP contribution in [0.25, 0.3) is 16.8 Å². The summed E-state index contributed by atoms with van der Waals surface area (Å²) in [6, 6.07) is 9.97. The van der Waals surface area contributed by atoms with Gasteiger partial charge in [-0.1, -0.05) is 34.8 Å². The highest BCUT2D eigenvalue weighted by Crippen LogP contribution is 2.36. The van der Waals surface area contributed by atoms with Crippen molar-refractivity contribution in [3.8, 4) is 11.3 Å². The number of benzene rings is 1. The molecular formula is C23H18Cl3N5O4. The zero-order chi connectivity index (χ0) is 24.9. The van der Waals surface area contributed by atoms with Gasteiger partial charge in [0.05, 0.1) is 40.4 Å². The summed E-state index contributed by atoms with van der Waals surface area (Å²) in [5.41, 5.74) is 2.01. The molecule has 0 saturated carbocycles. The van der Waals surface area contributed by atoms with Crippen LogP contribution in [0.2, 0.25) is 15.2 Å². The van der Waals surface area contributed by atoms with Crippen molar-refractivity contribution in [2.24, 2.45) is 0 Å². The van der Waals surface area contributed by atoms with E-state index in [1.54, 1.807) is 35.1 Å². The van der Waals surface area contributed by atoms with Crippen LogP contribution in [-0.4, -0.2) is 46.7 Å². The standard InChI is InChI=1S/C23H18Cl3N5O4/c1-34-8-9-35-23(33)29-17-11-13(24)10-16(25)18(17)30-22(32)19-20(15-5-2-6-27-21(15)26)31-7-3-4-14(31)12-28-19/h2-7,10-12H,8-9H2,1H3,(H,29,33)(H,30,32). The van der Waals surface area contributed by atoms with Gasteiger partial charge in [-0.3, -0.25) is 10.1 Å². The van der Waals surface area contributed by atoms with Crippen molar-refractivity contribution in [3.05, 3.63) is 75.9 Å². The number of ether oxygens (including phenoxy) is 2. The number of hydrogen-bond donors (Lipinski definition) is 2. The molecule has 180 valence electrons. The highest BCUT2D eigenvalue weighted by Gasteiger charge is 2.23. The van der Waals surface area contributed by atoms with E-state index in [0.29, 0.717) is 11.3 Å². The van der Waals surface area contributed by atoms with Gasteiger partial charge < -0.3 is 19.2 Å². The van der Waals surface area contributed by atoms with Crippen molar-refractivity contribution in [3.63, 3.8) is 0 Å². The van der Waals surface area contributed by atoms with Crippen LogP contribution in [0.4, 0.5) is 16.2 Å². The van der Waals surface area contributed by atoms with Crippen LogP contribution in [-0.2, 0) is 9.47 Å². The van der Waals surface area contributed by atoms with E-state index in [0.717, 1.165) is 5.52 Å². The van der Waals surface area contributed by atoms with Crippen molar-refractivity contribution in [2.45, 2.75) is 0 Å². The van der Waals surface area contributed by atoms with E-state index >= 15 is 0 Å². The van der Waals surface area contributed by atoms with Gasteiger partial charge in [-0.2, -0.15) is 0 Å². The third-order valence-corrected chi connectivity index (χ3v) is 5.67. The minimum Gasteiger partial charge on any atom is -0.447 e. The summed E-state index contributed by atoms with van der Waals surface area (Å²) >= 11 is 18.8. The van der Waals surface area contributed by atoms with E-state index in [4.69, 9.17) is 44.3 Å². The lowest BCUT2D eigenvalue weighted by molar-refractivity contribution is 0.102. The molecule has 0 bridgehead atoms. The fourth-order valence-electron chi connectivity index (χ4n) is 3.33. The predicted molar refractivity (Wildman–Crippen MR) is 135 cm³/mol. The third kappa shape index (κ3) is 5.49. The summed E-state index contributed by atoms with van der Waals surface area (Å²) in [6.45, 7) is 0.259. The Kier molecular flexibility index (Phi) is 7.72. The van der Waals surface area contributed by atoms with Gasteiger partial charge in [-0.15, -0.1) is 0 Å². The lowest BCUT2D eigenvalue weighted by atomic mass is 10.1. The zero-order valence-electron chi connectivity index (χ0n) is 18.2. The summed E-state index contributed by atoms with van der Waals surface area (Å²) in [5, 5.41) is 5.80. The smallest absolute Gasteiger partial charge is 0.411 e. The molecule has 0 atom stereocenters. The monoisotopic (exact) mass is 533 g/mol. The lowest BCUT2D eigenvalue weighted by Gasteiger charge is -2.16. The zero-order valence-corrected chi connectivity index (χ0v) is 20.5. The molecule has 0 unspecified atom stereocenters. The number of pyridine rings is 1. The molecule has 2 N–H and O–H groups in total. The van der Waals surface area contributed by atoms with Crippen LogP contribution in [0.5, 0.6) is 0 Å². The van der Waals surface area contributed by atoms with Gasteiger partial charge in [0.15, 0.2) is 5.69 Å². The first kappa shape index (κ1) is 24.7. The van der Waals surface area contributed by atoms with E-state index in [2.05, 4.69) is 20.6 Å². The number of nitrogens with one attached hydrogen (secondary N) is 2. The Bertz CT molecular complexity index is 1410. The first-order chi connectivity index (χ1) is 16.9. The Balaban J connectivity index is 1.72. The predicted octanol–water partition coefficient (Wildman–Crippen LogP) is 5.80. The van der Waals surface area contributed by atoms with Crippen LogP contribution >= 0.6 is 34.8 Å². The average molecular weight is 535 g/mol. The number of methoxy groups -OCH3 is 1. The molecule has 3 heterocycles.